The standard InChI is InChI=1S/C40H53N9O8/c1-40(2,56)33-23-44-47-49(33)29-22-32(48(24-29)38(54)31(21-26-11-5-3-6-12-26)46-36(52)28-16-19-42-20-17-28)37(53)45-30(34(50)35(41)51)15-9-10-18-43-39(55)57-25-27-13-7-4-8-14-27/h4,7-8,13-14,16-17,19-20,23,26,29-32,56H,3,5-6,9-12,15,18,21-22,24-25H2,1-2H3,(H2,41,51)(H,43,55)(H,45,53)(H,46,52)/t29-,30?,31+,32-/m0/s1. The first-order chi connectivity index (χ1) is 27.3. The van der Waals surface area contributed by atoms with E-state index in [2.05, 4.69) is 31.2 Å². The number of ether oxygens (including phenoxy) is 1. The van der Waals surface area contributed by atoms with Crippen LogP contribution < -0.4 is 21.7 Å². The third-order valence-corrected chi connectivity index (χ3v) is 10.5. The molecule has 1 aliphatic heterocycles. The van der Waals surface area contributed by atoms with Crippen LogP contribution in [0.3, 0.4) is 0 Å². The van der Waals surface area contributed by atoms with Crippen molar-refractivity contribution in [3.63, 3.8) is 0 Å². The SMILES string of the molecule is CC(C)(O)c1cnnn1[C@H]1C[C@@H](C(=O)NC(CCCCNC(=O)OCc2ccccc2)C(=O)C(N)=O)N(C(=O)[C@@H](CC2CCCCC2)NC(=O)c2ccncc2)C1. The van der Waals surface area contributed by atoms with Gasteiger partial charge in [-0.2, -0.15) is 0 Å². The molecule has 4 atom stereocenters. The van der Waals surface area contributed by atoms with E-state index in [0.717, 1.165) is 37.7 Å². The minimum Gasteiger partial charge on any atom is -0.445 e. The molecule has 6 N–H and O–H groups in total. The molecule has 3 heterocycles. The van der Waals surface area contributed by atoms with E-state index >= 15 is 0 Å². The minimum atomic E-state index is -1.35. The van der Waals surface area contributed by atoms with Gasteiger partial charge in [-0.1, -0.05) is 67.6 Å². The van der Waals surface area contributed by atoms with Crippen molar-refractivity contribution in [2.75, 3.05) is 13.1 Å². The van der Waals surface area contributed by atoms with Crippen molar-refractivity contribution in [2.45, 2.75) is 114 Å². The minimum absolute atomic E-state index is 0.0177. The van der Waals surface area contributed by atoms with Gasteiger partial charge in [0.25, 0.3) is 11.8 Å². The first-order valence-electron chi connectivity index (χ1n) is 19.5. The second kappa shape index (κ2) is 19.9. The highest BCUT2D eigenvalue weighted by Gasteiger charge is 2.45. The number of alkyl carbamates (subject to hydrolysis) is 1. The molecule has 2 aromatic heterocycles. The van der Waals surface area contributed by atoms with Crippen LogP contribution >= 0.6 is 0 Å². The largest absolute Gasteiger partial charge is 0.445 e. The molecule has 1 aliphatic carbocycles. The Balaban J connectivity index is 1.32. The highest BCUT2D eigenvalue weighted by molar-refractivity contribution is 6.37. The molecule has 57 heavy (non-hydrogen) atoms. The highest BCUT2D eigenvalue weighted by Crippen LogP contribution is 2.33. The fraction of sp³-hybridized carbons (Fsp3) is 0.525. The Morgan fingerprint density at radius 1 is 0.965 bits per heavy atom. The summed E-state index contributed by atoms with van der Waals surface area (Å²) < 4.78 is 6.71. The average Bonchev–Trinajstić information content (AvgIpc) is 3.89. The van der Waals surface area contributed by atoms with Gasteiger partial charge in [-0.25, -0.2) is 9.48 Å². The van der Waals surface area contributed by atoms with Crippen molar-refractivity contribution < 1.29 is 38.6 Å². The number of rotatable bonds is 18. The molecular formula is C40H53N9O8. The summed E-state index contributed by atoms with van der Waals surface area (Å²) in [4.78, 5) is 85.1. The number of primary amides is 1. The van der Waals surface area contributed by atoms with Gasteiger partial charge in [0.05, 0.1) is 24.0 Å². The molecule has 0 radical (unpaired) electrons. The third-order valence-electron chi connectivity index (χ3n) is 10.5. The predicted molar refractivity (Wildman–Crippen MR) is 206 cm³/mol. The van der Waals surface area contributed by atoms with Crippen molar-refractivity contribution in [3.05, 3.63) is 77.9 Å². The zero-order valence-electron chi connectivity index (χ0n) is 32.5. The number of carbonyl (C=O) groups is 6. The Kier molecular flexibility index (Phi) is 14.8. The number of pyridine rings is 1. The molecule has 0 bridgehead atoms. The Morgan fingerprint density at radius 3 is 2.37 bits per heavy atom. The van der Waals surface area contributed by atoms with E-state index in [4.69, 9.17) is 10.5 Å². The highest BCUT2D eigenvalue weighted by atomic mass is 16.5. The Bertz CT molecular complexity index is 1840. The molecule has 5 rings (SSSR count). The molecule has 306 valence electrons. The molecule has 2 fully saturated rings. The Labute approximate surface area is 331 Å². The second-order valence-corrected chi connectivity index (χ2v) is 15.3. The molecular weight excluding hydrogens is 734 g/mol. The van der Waals surface area contributed by atoms with E-state index < -0.39 is 65.3 Å². The first kappa shape index (κ1) is 42.4. The van der Waals surface area contributed by atoms with Crippen LogP contribution in [0.2, 0.25) is 0 Å². The number of nitrogens with two attached hydrogens (primary N) is 1. The van der Waals surface area contributed by atoms with Crippen molar-refractivity contribution in [2.24, 2.45) is 11.7 Å². The van der Waals surface area contributed by atoms with E-state index in [1.165, 1.54) is 28.2 Å². The molecule has 1 unspecified atom stereocenters. The molecule has 1 saturated carbocycles. The number of aliphatic hydroxyl groups is 1. The molecule has 17 nitrogen and oxygen atoms in total. The van der Waals surface area contributed by atoms with Gasteiger partial charge in [0.15, 0.2) is 0 Å². The number of unbranched alkanes of at least 4 members (excludes halogenated alkanes) is 1. The van der Waals surface area contributed by atoms with Gasteiger partial charge in [0, 0.05) is 37.5 Å². The van der Waals surface area contributed by atoms with E-state index in [1.807, 2.05) is 30.3 Å². The monoisotopic (exact) mass is 787 g/mol. The van der Waals surface area contributed by atoms with Crippen molar-refractivity contribution in [1.82, 2.24) is 40.8 Å². The van der Waals surface area contributed by atoms with Crippen LogP contribution in [0.1, 0.15) is 106 Å². The number of nitrogens with zero attached hydrogens (tertiary/aromatic N) is 5. The average molecular weight is 788 g/mol. The molecule has 2 aliphatic rings. The fourth-order valence-corrected chi connectivity index (χ4v) is 7.50. The van der Waals surface area contributed by atoms with E-state index in [9.17, 15) is 33.9 Å². The van der Waals surface area contributed by atoms with Crippen LogP contribution in [0.25, 0.3) is 0 Å². The van der Waals surface area contributed by atoms with Crippen LogP contribution in [0, 0.1) is 5.92 Å². The summed E-state index contributed by atoms with van der Waals surface area (Å²) in [6, 6.07) is 8.23. The Morgan fingerprint density at radius 2 is 1.68 bits per heavy atom. The zero-order chi connectivity index (χ0) is 41.0. The van der Waals surface area contributed by atoms with E-state index in [1.54, 1.807) is 26.0 Å². The van der Waals surface area contributed by atoms with Crippen LogP contribution in [0.4, 0.5) is 4.79 Å². The number of aromatic nitrogens is 4. The quantitative estimate of drug-likeness (QED) is 0.0927. The molecule has 1 saturated heterocycles. The van der Waals surface area contributed by atoms with Gasteiger partial charge in [-0.15, -0.1) is 5.10 Å². The van der Waals surface area contributed by atoms with Crippen LogP contribution in [-0.2, 0) is 36.1 Å². The number of benzene rings is 1. The summed E-state index contributed by atoms with van der Waals surface area (Å²) in [6.45, 7) is 3.44. The molecule has 5 amide bonds. The molecule has 17 heteroatoms. The predicted octanol–water partition coefficient (Wildman–Crippen LogP) is 2.45. The van der Waals surface area contributed by atoms with Gasteiger partial charge in [0.2, 0.25) is 17.6 Å². The summed E-state index contributed by atoms with van der Waals surface area (Å²) in [5, 5.41) is 27.3. The summed E-state index contributed by atoms with van der Waals surface area (Å²) in [6.07, 6.45) is 9.81. The van der Waals surface area contributed by atoms with Crippen molar-refractivity contribution >= 4 is 35.5 Å². The molecule has 1 aromatic carbocycles. The number of hydrogen-bond donors (Lipinski definition) is 5. The maximum Gasteiger partial charge on any atom is 0.407 e. The normalized spacial score (nSPS) is 18.3. The molecule has 3 aromatic rings. The lowest BCUT2D eigenvalue weighted by Gasteiger charge is -2.32. The smallest absolute Gasteiger partial charge is 0.407 e. The number of nitrogens with one attached hydrogen (secondary N) is 3. The van der Waals surface area contributed by atoms with Gasteiger partial charge < -0.3 is 36.4 Å². The summed E-state index contributed by atoms with van der Waals surface area (Å²) in [7, 11) is 0. The number of ketones is 1. The fourth-order valence-electron chi connectivity index (χ4n) is 7.50. The van der Waals surface area contributed by atoms with Crippen LogP contribution in [0.15, 0.2) is 61.1 Å². The number of likely N-dealkylation sites (tertiary alicyclic amines) is 1. The third kappa shape index (κ3) is 11.9. The van der Waals surface area contributed by atoms with Crippen molar-refractivity contribution in [1.29, 1.82) is 0 Å². The van der Waals surface area contributed by atoms with Crippen LogP contribution in [0.5, 0.6) is 0 Å². The van der Waals surface area contributed by atoms with Crippen LogP contribution in [-0.4, -0.2) is 96.7 Å². The lowest BCUT2D eigenvalue weighted by atomic mass is 9.84. The topological polar surface area (TPSA) is 241 Å². The lowest BCUT2D eigenvalue weighted by Crippen LogP contribution is -2.56. The van der Waals surface area contributed by atoms with Gasteiger partial charge in [0.1, 0.15) is 24.3 Å². The van der Waals surface area contributed by atoms with Gasteiger partial charge in [-0.3, -0.25) is 29.0 Å². The van der Waals surface area contributed by atoms with Crippen molar-refractivity contribution in [3.8, 4) is 0 Å². The molecule has 0 spiro atoms. The number of carbonyl (C=O) groups excluding carboxylic acids is 6. The van der Waals surface area contributed by atoms with E-state index in [0.29, 0.717) is 30.5 Å². The maximum atomic E-state index is 14.7. The summed E-state index contributed by atoms with van der Waals surface area (Å²) >= 11 is 0. The number of hydrogen-bond acceptors (Lipinski definition) is 11. The van der Waals surface area contributed by atoms with Gasteiger partial charge in [-0.05, 0) is 63.1 Å². The number of amides is 5. The second-order valence-electron chi connectivity index (χ2n) is 15.3. The number of Topliss-reactive ketones (excluding diaryl/α,β-unsaturated/α-hetero) is 1. The van der Waals surface area contributed by atoms with E-state index in [-0.39, 0.29) is 38.5 Å². The first-order valence-corrected chi connectivity index (χ1v) is 19.5. The summed E-state index contributed by atoms with van der Waals surface area (Å²) in [5.74, 6) is -3.72. The summed E-state index contributed by atoms with van der Waals surface area (Å²) in [5.41, 5.74) is 5.56. The maximum absolute atomic E-state index is 14.7. The van der Waals surface area contributed by atoms with Gasteiger partial charge >= 0.3 is 6.09 Å². The Hall–Kier alpha value is -5.71. The zero-order valence-corrected chi connectivity index (χ0v) is 32.5. The lowest BCUT2D eigenvalue weighted by molar-refractivity contribution is -0.142.